The molecule has 1 aromatic rings. The topological polar surface area (TPSA) is 23.5 Å². The first kappa shape index (κ1) is 14.3. The van der Waals surface area contributed by atoms with Gasteiger partial charge in [-0.15, -0.1) is 0 Å². The SMILES string of the molecule is CCC(C)CN(C)C(C)c1cc(Cl)ccc1O. The second kappa shape index (κ2) is 6.27. The molecule has 0 saturated heterocycles. The van der Waals surface area contributed by atoms with E-state index in [0.717, 1.165) is 12.1 Å². The number of phenols is 1. The Morgan fingerprint density at radius 2 is 2.00 bits per heavy atom. The fraction of sp³-hybridized carbons (Fsp3) is 0.571. The molecule has 0 spiro atoms. The van der Waals surface area contributed by atoms with Gasteiger partial charge < -0.3 is 5.11 Å². The van der Waals surface area contributed by atoms with Crippen molar-refractivity contribution >= 4 is 11.6 Å². The van der Waals surface area contributed by atoms with E-state index in [2.05, 4.69) is 32.7 Å². The summed E-state index contributed by atoms with van der Waals surface area (Å²) in [6.07, 6.45) is 1.17. The Balaban J connectivity index is 2.80. The Hall–Kier alpha value is -0.730. The molecule has 17 heavy (non-hydrogen) atoms. The fourth-order valence-corrected chi connectivity index (χ4v) is 2.06. The molecule has 0 aliphatic rings. The van der Waals surface area contributed by atoms with Crippen molar-refractivity contribution in [2.45, 2.75) is 33.2 Å². The van der Waals surface area contributed by atoms with E-state index in [-0.39, 0.29) is 6.04 Å². The van der Waals surface area contributed by atoms with Gasteiger partial charge in [0.1, 0.15) is 5.75 Å². The lowest BCUT2D eigenvalue weighted by Gasteiger charge is -2.28. The predicted molar refractivity (Wildman–Crippen MR) is 73.6 cm³/mol. The number of benzene rings is 1. The van der Waals surface area contributed by atoms with E-state index in [1.807, 2.05) is 6.07 Å². The van der Waals surface area contributed by atoms with Crippen LogP contribution < -0.4 is 0 Å². The van der Waals surface area contributed by atoms with Crippen LogP contribution in [0.25, 0.3) is 0 Å². The van der Waals surface area contributed by atoms with E-state index in [1.165, 1.54) is 6.42 Å². The second-order valence-electron chi connectivity index (χ2n) is 4.83. The third-order valence-corrected chi connectivity index (χ3v) is 3.63. The first-order valence-electron chi connectivity index (χ1n) is 6.14. The minimum atomic E-state index is 0.169. The number of nitrogens with zero attached hydrogens (tertiary/aromatic N) is 1. The number of hydrogen-bond acceptors (Lipinski definition) is 2. The summed E-state index contributed by atoms with van der Waals surface area (Å²) >= 11 is 5.97. The van der Waals surface area contributed by atoms with Gasteiger partial charge in [-0.25, -0.2) is 0 Å². The third-order valence-electron chi connectivity index (χ3n) is 3.40. The van der Waals surface area contributed by atoms with Gasteiger partial charge in [-0.2, -0.15) is 0 Å². The maximum Gasteiger partial charge on any atom is 0.120 e. The van der Waals surface area contributed by atoms with Crippen molar-refractivity contribution in [1.29, 1.82) is 0 Å². The minimum absolute atomic E-state index is 0.169. The Morgan fingerprint density at radius 3 is 2.59 bits per heavy atom. The van der Waals surface area contributed by atoms with Gasteiger partial charge in [0.2, 0.25) is 0 Å². The van der Waals surface area contributed by atoms with Gasteiger partial charge in [0.15, 0.2) is 0 Å². The lowest BCUT2D eigenvalue weighted by molar-refractivity contribution is 0.220. The number of halogens is 1. The lowest BCUT2D eigenvalue weighted by atomic mass is 10.0. The third kappa shape index (κ3) is 3.90. The molecule has 0 radical (unpaired) electrons. The molecule has 2 atom stereocenters. The normalized spacial score (nSPS) is 14.9. The summed E-state index contributed by atoms with van der Waals surface area (Å²) in [5, 5.41) is 10.5. The van der Waals surface area contributed by atoms with Crippen molar-refractivity contribution in [1.82, 2.24) is 4.90 Å². The molecule has 0 aromatic heterocycles. The van der Waals surface area contributed by atoms with Gasteiger partial charge in [0.05, 0.1) is 0 Å². The van der Waals surface area contributed by atoms with Crippen LogP contribution in [0.2, 0.25) is 5.02 Å². The van der Waals surface area contributed by atoms with Crippen LogP contribution in [-0.4, -0.2) is 23.6 Å². The zero-order chi connectivity index (χ0) is 13.0. The van der Waals surface area contributed by atoms with Crippen LogP contribution >= 0.6 is 11.6 Å². The summed E-state index contributed by atoms with van der Waals surface area (Å²) in [5.74, 6) is 0.974. The van der Waals surface area contributed by atoms with E-state index in [4.69, 9.17) is 11.6 Å². The minimum Gasteiger partial charge on any atom is -0.508 e. The van der Waals surface area contributed by atoms with Crippen molar-refractivity contribution in [2.24, 2.45) is 5.92 Å². The maximum absolute atomic E-state index is 9.86. The summed E-state index contributed by atoms with van der Waals surface area (Å²) in [4.78, 5) is 2.25. The quantitative estimate of drug-likeness (QED) is 0.857. The average molecular weight is 256 g/mol. The van der Waals surface area contributed by atoms with Crippen LogP contribution in [0.3, 0.4) is 0 Å². The van der Waals surface area contributed by atoms with Crippen LogP contribution in [0.5, 0.6) is 5.75 Å². The molecule has 0 amide bonds. The standard InChI is InChI=1S/C14H22ClNO/c1-5-10(2)9-16(4)11(3)13-8-12(15)6-7-14(13)17/h6-8,10-11,17H,5,9H2,1-4H3. The summed E-state index contributed by atoms with van der Waals surface area (Å²) in [7, 11) is 2.08. The summed E-state index contributed by atoms with van der Waals surface area (Å²) in [6, 6.07) is 5.38. The van der Waals surface area contributed by atoms with E-state index >= 15 is 0 Å². The van der Waals surface area contributed by atoms with E-state index in [0.29, 0.717) is 16.7 Å². The van der Waals surface area contributed by atoms with Crippen LogP contribution in [-0.2, 0) is 0 Å². The summed E-state index contributed by atoms with van der Waals surface area (Å²) in [5.41, 5.74) is 0.892. The Labute approximate surface area is 109 Å². The predicted octanol–water partition coefficient (Wildman–Crippen LogP) is 4.08. The number of aromatic hydroxyl groups is 1. The number of rotatable bonds is 5. The van der Waals surface area contributed by atoms with E-state index in [9.17, 15) is 5.11 Å². The monoisotopic (exact) mass is 255 g/mol. The van der Waals surface area contributed by atoms with Crippen LogP contribution in [0.4, 0.5) is 0 Å². The maximum atomic E-state index is 9.86. The smallest absolute Gasteiger partial charge is 0.120 e. The molecule has 0 bridgehead atoms. The van der Waals surface area contributed by atoms with E-state index < -0.39 is 0 Å². The van der Waals surface area contributed by atoms with Crippen molar-refractivity contribution in [3.8, 4) is 5.75 Å². The van der Waals surface area contributed by atoms with Crippen molar-refractivity contribution in [3.63, 3.8) is 0 Å². The van der Waals surface area contributed by atoms with Gasteiger partial charge in [0.25, 0.3) is 0 Å². The molecular weight excluding hydrogens is 234 g/mol. The second-order valence-corrected chi connectivity index (χ2v) is 5.27. The summed E-state index contributed by atoms with van der Waals surface area (Å²) in [6.45, 7) is 7.54. The molecule has 0 heterocycles. The Morgan fingerprint density at radius 1 is 1.35 bits per heavy atom. The zero-order valence-corrected chi connectivity index (χ0v) is 11.8. The fourth-order valence-electron chi connectivity index (χ4n) is 1.88. The first-order chi connectivity index (χ1) is 7.95. The van der Waals surface area contributed by atoms with E-state index in [1.54, 1.807) is 12.1 Å². The molecular formula is C14H22ClNO. The molecule has 2 unspecified atom stereocenters. The molecule has 0 aliphatic heterocycles. The summed E-state index contributed by atoms with van der Waals surface area (Å²) < 4.78 is 0. The molecule has 0 aliphatic carbocycles. The molecule has 1 aromatic carbocycles. The van der Waals surface area contributed by atoms with Crippen LogP contribution in [0, 0.1) is 5.92 Å². The number of hydrogen-bond donors (Lipinski definition) is 1. The Bertz CT molecular complexity index is 367. The lowest BCUT2D eigenvalue weighted by Crippen LogP contribution is -2.27. The Kier molecular flexibility index (Phi) is 5.29. The molecule has 96 valence electrons. The van der Waals surface area contributed by atoms with Crippen LogP contribution in [0.1, 0.15) is 38.8 Å². The van der Waals surface area contributed by atoms with Gasteiger partial charge in [-0.05, 0) is 38.1 Å². The van der Waals surface area contributed by atoms with Crippen molar-refractivity contribution in [2.75, 3.05) is 13.6 Å². The zero-order valence-electron chi connectivity index (χ0n) is 11.1. The van der Waals surface area contributed by atoms with Crippen LogP contribution in [0.15, 0.2) is 18.2 Å². The first-order valence-corrected chi connectivity index (χ1v) is 6.52. The van der Waals surface area contributed by atoms with Crippen molar-refractivity contribution < 1.29 is 5.11 Å². The average Bonchev–Trinajstić information content (AvgIpc) is 2.31. The molecule has 0 fully saturated rings. The van der Waals surface area contributed by atoms with Gasteiger partial charge in [-0.1, -0.05) is 31.9 Å². The highest BCUT2D eigenvalue weighted by Crippen LogP contribution is 2.30. The van der Waals surface area contributed by atoms with Gasteiger partial charge in [0, 0.05) is 23.2 Å². The highest BCUT2D eigenvalue weighted by atomic mass is 35.5. The van der Waals surface area contributed by atoms with Gasteiger partial charge >= 0.3 is 0 Å². The molecule has 3 heteroatoms. The highest BCUT2D eigenvalue weighted by Gasteiger charge is 2.17. The number of phenolic OH excluding ortho intramolecular Hbond substituents is 1. The van der Waals surface area contributed by atoms with Gasteiger partial charge in [-0.3, -0.25) is 4.90 Å². The molecule has 0 saturated carbocycles. The molecule has 1 N–H and O–H groups in total. The highest BCUT2D eigenvalue weighted by molar-refractivity contribution is 6.30. The molecule has 2 nitrogen and oxygen atoms in total. The largest absolute Gasteiger partial charge is 0.508 e. The van der Waals surface area contributed by atoms with Crippen molar-refractivity contribution in [3.05, 3.63) is 28.8 Å². The molecule has 1 rings (SSSR count).